The second kappa shape index (κ2) is 7.04. The minimum atomic E-state index is -0.626. The highest BCUT2D eigenvalue weighted by atomic mass is 16.5. The van der Waals surface area contributed by atoms with Crippen molar-refractivity contribution in [3.63, 3.8) is 0 Å². The van der Waals surface area contributed by atoms with Crippen LogP contribution in [0.5, 0.6) is 0 Å². The highest BCUT2D eigenvalue weighted by Crippen LogP contribution is 2.23. The molecule has 0 fully saturated rings. The lowest BCUT2D eigenvalue weighted by Gasteiger charge is -2.10. The molecule has 21 heavy (non-hydrogen) atoms. The molecule has 3 nitrogen and oxygen atoms in total. The van der Waals surface area contributed by atoms with Crippen LogP contribution in [0.4, 0.5) is 0 Å². The van der Waals surface area contributed by atoms with E-state index < -0.39 is 6.10 Å². The number of rotatable bonds is 5. The molecule has 0 amide bonds. The van der Waals surface area contributed by atoms with E-state index in [1.807, 2.05) is 42.5 Å². The fourth-order valence-corrected chi connectivity index (χ4v) is 2.17. The Bertz CT molecular complexity index is 658. The summed E-state index contributed by atoms with van der Waals surface area (Å²) in [6.45, 7) is 3.83. The zero-order valence-electron chi connectivity index (χ0n) is 12.4. The van der Waals surface area contributed by atoms with Gasteiger partial charge in [-0.2, -0.15) is 0 Å². The van der Waals surface area contributed by atoms with Crippen LogP contribution in [0.15, 0.2) is 54.1 Å². The average molecular weight is 284 g/mol. The highest BCUT2D eigenvalue weighted by molar-refractivity contribution is 5.87. The predicted molar refractivity (Wildman–Crippen MR) is 83.9 cm³/mol. The van der Waals surface area contributed by atoms with Crippen LogP contribution in [0.25, 0.3) is 10.8 Å². The summed E-state index contributed by atoms with van der Waals surface area (Å²) in [5, 5.41) is 12.5. The Balaban J connectivity index is 2.09. The van der Waals surface area contributed by atoms with Gasteiger partial charge in [0.2, 0.25) is 0 Å². The molecule has 0 bridgehead atoms. The number of fused-ring (bicyclic) bond motifs is 1. The maximum absolute atomic E-state index is 11.5. The first-order valence-corrected chi connectivity index (χ1v) is 7.12. The lowest BCUT2D eigenvalue weighted by Crippen LogP contribution is -2.05. The quantitative estimate of drug-likeness (QED) is 0.671. The Morgan fingerprint density at radius 2 is 1.95 bits per heavy atom. The van der Waals surface area contributed by atoms with Gasteiger partial charge in [0.15, 0.2) is 0 Å². The van der Waals surface area contributed by atoms with Gasteiger partial charge in [0.05, 0.1) is 12.7 Å². The molecule has 0 spiro atoms. The van der Waals surface area contributed by atoms with Crippen molar-refractivity contribution in [1.29, 1.82) is 0 Å². The van der Waals surface area contributed by atoms with Crippen LogP contribution in [0.3, 0.4) is 0 Å². The fourth-order valence-electron chi connectivity index (χ4n) is 2.17. The van der Waals surface area contributed by atoms with Crippen molar-refractivity contribution in [3.8, 4) is 0 Å². The molecule has 110 valence electrons. The standard InChI is InChI=1S/C18H20O3/c1-3-21-18(20)13(2)8-11-17(19)16-10-9-14-6-4-5-7-15(14)12-16/h4-10,12,17,19H,3,11H2,1-2H3/b13-8+/t17-/m1/s1. The number of aliphatic hydroxyl groups excluding tert-OH is 1. The van der Waals surface area contributed by atoms with E-state index in [0.29, 0.717) is 18.6 Å². The van der Waals surface area contributed by atoms with Gasteiger partial charge < -0.3 is 9.84 Å². The van der Waals surface area contributed by atoms with Gasteiger partial charge in [-0.3, -0.25) is 0 Å². The molecule has 0 heterocycles. The zero-order chi connectivity index (χ0) is 15.2. The second-order valence-corrected chi connectivity index (χ2v) is 4.97. The van der Waals surface area contributed by atoms with Gasteiger partial charge >= 0.3 is 5.97 Å². The third-order valence-corrected chi connectivity index (χ3v) is 3.40. The molecule has 1 atom stereocenters. The van der Waals surface area contributed by atoms with E-state index in [-0.39, 0.29) is 5.97 Å². The molecule has 2 aromatic carbocycles. The lowest BCUT2D eigenvalue weighted by molar-refractivity contribution is -0.138. The Morgan fingerprint density at radius 3 is 2.67 bits per heavy atom. The van der Waals surface area contributed by atoms with Crippen LogP contribution in [0.1, 0.15) is 31.9 Å². The summed E-state index contributed by atoms with van der Waals surface area (Å²) in [5.74, 6) is -0.330. The van der Waals surface area contributed by atoms with Gasteiger partial charge in [0.1, 0.15) is 0 Å². The molecule has 0 aliphatic heterocycles. The van der Waals surface area contributed by atoms with Crippen molar-refractivity contribution in [2.24, 2.45) is 0 Å². The largest absolute Gasteiger partial charge is 0.463 e. The van der Waals surface area contributed by atoms with Gasteiger partial charge in [0.25, 0.3) is 0 Å². The van der Waals surface area contributed by atoms with Crippen LogP contribution in [-0.2, 0) is 9.53 Å². The van der Waals surface area contributed by atoms with Crippen LogP contribution in [-0.4, -0.2) is 17.7 Å². The van der Waals surface area contributed by atoms with Gasteiger partial charge in [-0.05, 0) is 42.7 Å². The average Bonchev–Trinajstić information content (AvgIpc) is 2.52. The van der Waals surface area contributed by atoms with Gasteiger partial charge in [0, 0.05) is 5.57 Å². The Morgan fingerprint density at radius 1 is 1.24 bits per heavy atom. The van der Waals surface area contributed by atoms with Crippen molar-refractivity contribution < 1.29 is 14.6 Å². The molecular weight excluding hydrogens is 264 g/mol. The summed E-state index contributed by atoms with van der Waals surface area (Å²) < 4.78 is 4.91. The summed E-state index contributed by atoms with van der Waals surface area (Å²) >= 11 is 0. The van der Waals surface area contributed by atoms with E-state index in [4.69, 9.17) is 4.74 Å². The minimum absolute atomic E-state index is 0.330. The predicted octanol–water partition coefficient (Wildman–Crippen LogP) is 3.77. The summed E-state index contributed by atoms with van der Waals surface area (Å²) in [7, 11) is 0. The third kappa shape index (κ3) is 3.92. The Hall–Kier alpha value is -2.13. The van der Waals surface area contributed by atoms with E-state index in [2.05, 4.69) is 0 Å². The first-order chi connectivity index (χ1) is 10.1. The smallest absolute Gasteiger partial charge is 0.333 e. The number of esters is 1. The van der Waals surface area contributed by atoms with Gasteiger partial charge in [-0.15, -0.1) is 0 Å². The van der Waals surface area contributed by atoms with E-state index >= 15 is 0 Å². The number of aliphatic hydroxyl groups is 1. The van der Waals surface area contributed by atoms with E-state index in [0.717, 1.165) is 16.3 Å². The number of ether oxygens (including phenoxy) is 1. The summed E-state index contributed by atoms with van der Waals surface area (Å²) in [5.41, 5.74) is 1.37. The van der Waals surface area contributed by atoms with Gasteiger partial charge in [-0.25, -0.2) is 4.79 Å². The van der Waals surface area contributed by atoms with Crippen molar-refractivity contribution in [3.05, 3.63) is 59.7 Å². The van der Waals surface area contributed by atoms with Crippen molar-refractivity contribution in [2.75, 3.05) is 6.61 Å². The SMILES string of the molecule is CCOC(=O)/C(C)=C/C[C@@H](O)c1ccc2ccccc2c1. The number of hydrogen-bond acceptors (Lipinski definition) is 3. The maximum Gasteiger partial charge on any atom is 0.333 e. The molecule has 0 aromatic heterocycles. The molecule has 0 unspecified atom stereocenters. The number of benzene rings is 2. The minimum Gasteiger partial charge on any atom is -0.463 e. The van der Waals surface area contributed by atoms with Crippen LogP contribution >= 0.6 is 0 Å². The highest BCUT2D eigenvalue weighted by Gasteiger charge is 2.09. The molecule has 0 saturated heterocycles. The Kier molecular flexibility index (Phi) is 5.12. The molecule has 2 rings (SSSR count). The summed E-state index contributed by atoms with van der Waals surface area (Å²) in [6.07, 6.45) is 1.49. The van der Waals surface area contributed by atoms with Crippen LogP contribution in [0.2, 0.25) is 0 Å². The normalized spacial score (nSPS) is 13.2. The lowest BCUT2D eigenvalue weighted by atomic mass is 10.0. The molecule has 0 radical (unpaired) electrons. The van der Waals surface area contributed by atoms with Crippen LogP contribution < -0.4 is 0 Å². The number of hydrogen-bond donors (Lipinski definition) is 1. The molecule has 1 N–H and O–H groups in total. The first kappa shape index (κ1) is 15.3. The molecular formula is C18H20O3. The number of carbonyl (C=O) groups is 1. The fraction of sp³-hybridized carbons (Fsp3) is 0.278. The second-order valence-electron chi connectivity index (χ2n) is 4.97. The third-order valence-electron chi connectivity index (χ3n) is 3.40. The molecule has 0 aliphatic carbocycles. The van der Waals surface area contributed by atoms with E-state index in [1.54, 1.807) is 19.9 Å². The van der Waals surface area contributed by atoms with Crippen molar-refractivity contribution >= 4 is 16.7 Å². The summed E-state index contributed by atoms with van der Waals surface area (Å²) in [4.78, 5) is 11.5. The molecule has 2 aromatic rings. The number of carbonyl (C=O) groups excluding carboxylic acids is 1. The maximum atomic E-state index is 11.5. The van der Waals surface area contributed by atoms with E-state index in [9.17, 15) is 9.90 Å². The Labute approximate surface area is 124 Å². The zero-order valence-corrected chi connectivity index (χ0v) is 12.4. The van der Waals surface area contributed by atoms with Crippen LogP contribution in [0, 0.1) is 0 Å². The van der Waals surface area contributed by atoms with Gasteiger partial charge in [-0.1, -0.05) is 42.5 Å². The summed E-state index contributed by atoms with van der Waals surface area (Å²) in [6, 6.07) is 13.9. The van der Waals surface area contributed by atoms with Crippen molar-refractivity contribution in [2.45, 2.75) is 26.4 Å². The first-order valence-electron chi connectivity index (χ1n) is 7.12. The molecule has 0 aliphatic rings. The van der Waals surface area contributed by atoms with Crippen molar-refractivity contribution in [1.82, 2.24) is 0 Å². The van der Waals surface area contributed by atoms with E-state index in [1.165, 1.54) is 0 Å². The topological polar surface area (TPSA) is 46.5 Å². The molecule has 0 saturated carbocycles. The molecule has 3 heteroatoms. The monoisotopic (exact) mass is 284 g/mol.